The molecule has 0 N–H and O–H groups in total. The lowest BCUT2D eigenvalue weighted by molar-refractivity contribution is -0.232. The number of ether oxygens (including phenoxy) is 3. The molecule has 0 aromatic carbocycles. The monoisotopic (exact) mass is 466 g/mol. The SMILES string of the molecule is CCC(F)(F)C(=O)OC12CC3CC(C1)CC(C(=O)OCOC1C4CC5CC(C4)CC1C5)(C3)C2. The van der Waals surface area contributed by atoms with Gasteiger partial charge in [-0.15, -0.1) is 0 Å². The Morgan fingerprint density at radius 2 is 1.45 bits per heavy atom. The molecule has 0 aromatic heterocycles. The minimum atomic E-state index is -3.48. The highest BCUT2D eigenvalue weighted by Gasteiger charge is 2.64. The first kappa shape index (κ1) is 22.2. The number of hydrogen-bond donors (Lipinski definition) is 0. The highest BCUT2D eigenvalue weighted by Crippen LogP contribution is 2.63. The first-order valence-electron chi connectivity index (χ1n) is 13.1. The van der Waals surface area contributed by atoms with Crippen LogP contribution in [0.1, 0.15) is 84.0 Å². The van der Waals surface area contributed by atoms with Gasteiger partial charge in [0.15, 0.2) is 6.79 Å². The van der Waals surface area contributed by atoms with Crippen LogP contribution < -0.4 is 0 Å². The smallest absolute Gasteiger partial charge is 0.377 e. The predicted octanol–water partition coefficient (Wildman–Crippen LogP) is 5.26. The van der Waals surface area contributed by atoms with Crippen LogP contribution in [0.3, 0.4) is 0 Å². The number of rotatable bonds is 7. The molecule has 184 valence electrons. The van der Waals surface area contributed by atoms with Gasteiger partial charge in [0.25, 0.3) is 0 Å². The van der Waals surface area contributed by atoms with Crippen molar-refractivity contribution < 1.29 is 32.6 Å². The average molecular weight is 467 g/mol. The Morgan fingerprint density at radius 1 is 0.879 bits per heavy atom. The van der Waals surface area contributed by atoms with E-state index in [1.165, 1.54) is 39.0 Å². The van der Waals surface area contributed by atoms with Crippen molar-refractivity contribution in [1.29, 1.82) is 0 Å². The van der Waals surface area contributed by atoms with Gasteiger partial charge < -0.3 is 14.2 Å². The molecule has 7 heteroatoms. The van der Waals surface area contributed by atoms with Crippen LogP contribution in [0.15, 0.2) is 0 Å². The molecule has 0 radical (unpaired) electrons. The summed E-state index contributed by atoms with van der Waals surface area (Å²) >= 11 is 0. The van der Waals surface area contributed by atoms with E-state index in [-0.39, 0.29) is 30.7 Å². The molecule has 0 saturated heterocycles. The lowest BCUT2D eigenvalue weighted by Crippen LogP contribution is -2.60. The molecule has 8 saturated carbocycles. The standard InChI is InChI=1S/C26H36F2O5/c1-2-26(27,28)23(30)33-25-11-17-4-18(12-25)10-24(9-17,13-25)22(29)32-14-31-21-19-5-15-3-16(7-19)8-20(21)6-15/h15-21H,2-14H2,1H3. The summed E-state index contributed by atoms with van der Waals surface area (Å²) in [7, 11) is 0. The number of carbonyl (C=O) groups excluding carboxylic acids is 2. The number of esters is 2. The van der Waals surface area contributed by atoms with Gasteiger partial charge in [-0.3, -0.25) is 4.79 Å². The van der Waals surface area contributed by atoms with E-state index in [4.69, 9.17) is 14.2 Å². The summed E-state index contributed by atoms with van der Waals surface area (Å²) in [4.78, 5) is 25.5. The van der Waals surface area contributed by atoms with Crippen molar-refractivity contribution in [2.45, 2.75) is 102 Å². The molecule has 2 unspecified atom stereocenters. The Bertz CT molecular complexity index is 783. The highest BCUT2D eigenvalue weighted by atomic mass is 19.3. The van der Waals surface area contributed by atoms with E-state index in [0.717, 1.165) is 18.3 Å². The number of hydrogen-bond acceptors (Lipinski definition) is 5. The molecule has 2 atom stereocenters. The zero-order valence-electron chi connectivity index (χ0n) is 19.5. The first-order valence-corrected chi connectivity index (χ1v) is 13.1. The van der Waals surface area contributed by atoms with E-state index < -0.39 is 29.3 Å². The van der Waals surface area contributed by atoms with Gasteiger partial charge in [-0.05, 0) is 99.7 Å². The first-order chi connectivity index (χ1) is 15.7. The molecule has 0 heterocycles. The topological polar surface area (TPSA) is 61.8 Å². The minimum Gasteiger partial charge on any atom is -0.455 e. The third-order valence-corrected chi connectivity index (χ3v) is 10.1. The molecule has 0 aliphatic heterocycles. The van der Waals surface area contributed by atoms with Crippen molar-refractivity contribution in [2.24, 2.45) is 40.9 Å². The molecular formula is C26H36F2O5. The van der Waals surface area contributed by atoms with Gasteiger partial charge in [-0.1, -0.05) is 6.92 Å². The summed E-state index contributed by atoms with van der Waals surface area (Å²) in [5.41, 5.74) is -1.69. The van der Waals surface area contributed by atoms with E-state index in [9.17, 15) is 18.4 Å². The number of alkyl halides is 2. The second kappa shape index (κ2) is 7.63. The van der Waals surface area contributed by atoms with Crippen molar-refractivity contribution in [3.05, 3.63) is 0 Å². The second-order valence-electron chi connectivity index (χ2n) is 12.5. The Kier molecular flexibility index (Phi) is 5.14. The van der Waals surface area contributed by atoms with Crippen molar-refractivity contribution >= 4 is 11.9 Å². The largest absolute Gasteiger partial charge is 0.455 e. The van der Waals surface area contributed by atoms with Gasteiger partial charge in [0.2, 0.25) is 0 Å². The molecule has 0 aromatic rings. The molecule has 0 amide bonds. The third-order valence-electron chi connectivity index (χ3n) is 10.1. The average Bonchev–Trinajstić information content (AvgIpc) is 2.73. The van der Waals surface area contributed by atoms with E-state index in [1.54, 1.807) is 0 Å². The van der Waals surface area contributed by atoms with Crippen LogP contribution in [0.5, 0.6) is 0 Å². The maximum Gasteiger partial charge on any atom is 0.377 e. The van der Waals surface area contributed by atoms with Crippen molar-refractivity contribution in [3.63, 3.8) is 0 Å². The van der Waals surface area contributed by atoms with E-state index >= 15 is 0 Å². The summed E-state index contributed by atoms with van der Waals surface area (Å²) in [5, 5.41) is 0. The van der Waals surface area contributed by atoms with Crippen LogP contribution in [0.25, 0.3) is 0 Å². The molecule has 8 bridgehead atoms. The van der Waals surface area contributed by atoms with Gasteiger partial charge in [0.05, 0.1) is 11.5 Å². The fourth-order valence-corrected chi connectivity index (χ4v) is 9.42. The van der Waals surface area contributed by atoms with Gasteiger partial charge >= 0.3 is 17.9 Å². The summed E-state index contributed by atoms with van der Waals surface area (Å²) in [6.07, 6.45) is 9.81. The highest BCUT2D eigenvalue weighted by molar-refractivity contribution is 5.79. The zero-order valence-corrected chi connectivity index (χ0v) is 19.5. The lowest BCUT2D eigenvalue weighted by Gasteiger charge is -2.59. The van der Waals surface area contributed by atoms with Gasteiger partial charge in [-0.2, -0.15) is 8.78 Å². The Labute approximate surface area is 194 Å². The van der Waals surface area contributed by atoms with Gasteiger partial charge in [0, 0.05) is 12.8 Å². The Hall–Kier alpha value is -1.24. The van der Waals surface area contributed by atoms with E-state index in [2.05, 4.69) is 0 Å². The molecule has 33 heavy (non-hydrogen) atoms. The second-order valence-corrected chi connectivity index (χ2v) is 12.5. The number of halogens is 2. The third kappa shape index (κ3) is 3.71. The van der Waals surface area contributed by atoms with E-state index in [0.29, 0.717) is 43.9 Å². The molecular weight excluding hydrogens is 430 g/mol. The molecule has 8 fully saturated rings. The summed E-state index contributed by atoms with van der Waals surface area (Å²) in [6.45, 7) is 1.26. The molecule has 8 aliphatic carbocycles. The van der Waals surface area contributed by atoms with Crippen LogP contribution in [0.4, 0.5) is 8.78 Å². The number of carbonyl (C=O) groups is 2. The summed E-state index contributed by atoms with van der Waals surface area (Å²) in [5.74, 6) is -1.86. The van der Waals surface area contributed by atoms with Crippen molar-refractivity contribution in [3.8, 4) is 0 Å². The quantitative estimate of drug-likeness (QED) is 0.379. The van der Waals surface area contributed by atoms with Crippen LogP contribution >= 0.6 is 0 Å². The Morgan fingerprint density at radius 3 is 2.03 bits per heavy atom. The van der Waals surface area contributed by atoms with Gasteiger partial charge in [0.1, 0.15) is 5.60 Å². The maximum absolute atomic E-state index is 14.0. The molecule has 8 rings (SSSR count). The molecule has 8 aliphatic rings. The van der Waals surface area contributed by atoms with Crippen LogP contribution in [-0.2, 0) is 23.8 Å². The van der Waals surface area contributed by atoms with Gasteiger partial charge in [-0.25, -0.2) is 4.79 Å². The van der Waals surface area contributed by atoms with Crippen molar-refractivity contribution in [1.82, 2.24) is 0 Å². The maximum atomic E-state index is 14.0. The predicted molar refractivity (Wildman–Crippen MR) is 114 cm³/mol. The molecule has 0 spiro atoms. The zero-order chi connectivity index (χ0) is 23.0. The molecule has 5 nitrogen and oxygen atoms in total. The fraction of sp³-hybridized carbons (Fsp3) is 0.923. The lowest BCUT2D eigenvalue weighted by atomic mass is 9.48. The fourth-order valence-electron chi connectivity index (χ4n) is 9.42. The Balaban J connectivity index is 1.10. The minimum absolute atomic E-state index is 0.0242. The van der Waals surface area contributed by atoms with E-state index in [1.807, 2.05) is 0 Å². The normalized spacial score (nSPS) is 47.1. The van der Waals surface area contributed by atoms with Crippen LogP contribution in [-0.4, -0.2) is 36.4 Å². The summed E-state index contributed by atoms with van der Waals surface area (Å²) in [6, 6.07) is 0. The van der Waals surface area contributed by atoms with Crippen LogP contribution in [0, 0.1) is 40.9 Å². The van der Waals surface area contributed by atoms with Crippen molar-refractivity contribution in [2.75, 3.05) is 6.79 Å². The summed E-state index contributed by atoms with van der Waals surface area (Å²) < 4.78 is 45.4. The van der Waals surface area contributed by atoms with Crippen LogP contribution in [0.2, 0.25) is 0 Å².